The smallest absolute Gasteiger partial charge is 0.337 e. The van der Waals surface area contributed by atoms with Crippen molar-refractivity contribution in [2.24, 2.45) is 5.92 Å². The maximum Gasteiger partial charge on any atom is 0.337 e. The van der Waals surface area contributed by atoms with Crippen molar-refractivity contribution in [3.63, 3.8) is 0 Å². The van der Waals surface area contributed by atoms with Crippen LogP contribution in [-0.4, -0.2) is 25.6 Å². The maximum absolute atomic E-state index is 12.2. The molecule has 0 saturated heterocycles. The molecule has 0 fully saturated rings. The van der Waals surface area contributed by atoms with E-state index in [1.54, 1.807) is 6.20 Å². The SMILES string of the molecule is CC(C)Cn1ccnc(Oc2cncc(C(=O)O)c2)c1=O. The monoisotopic (exact) mass is 289 g/mol. The zero-order valence-corrected chi connectivity index (χ0v) is 11.7. The summed E-state index contributed by atoms with van der Waals surface area (Å²) < 4.78 is 6.85. The van der Waals surface area contributed by atoms with Crippen molar-refractivity contribution >= 4 is 5.97 Å². The molecule has 0 aromatic carbocycles. The van der Waals surface area contributed by atoms with E-state index in [9.17, 15) is 9.59 Å². The van der Waals surface area contributed by atoms with E-state index in [1.807, 2.05) is 13.8 Å². The normalized spacial score (nSPS) is 10.6. The highest BCUT2D eigenvalue weighted by atomic mass is 16.5. The fraction of sp³-hybridized carbons (Fsp3) is 0.286. The molecule has 0 spiro atoms. The summed E-state index contributed by atoms with van der Waals surface area (Å²) in [6, 6.07) is 1.29. The summed E-state index contributed by atoms with van der Waals surface area (Å²) in [7, 11) is 0. The second kappa shape index (κ2) is 6.17. The number of hydrogen-bond donors (Lipinski definition) is 1. The summed E-state index contributed by atoms with van der Waals surface area (Å²) in [4.78, 5) is 30.7. The molecule has 0 saturated carbocycles. The van der Waals surface area contributed by atoms with Gasteiger partial charge in [-0.15, -0.1) is 0 Å². The highest BCUT2D eigenvalue weighted by Gasteiger charge is 2.10. The van der Waals surface area contributed by atoms with Gasteiger partial charge in [0.15, 0.2) is 0 Å². The van der Waals surface area contributed by atoms with Crippen LogP contribution in [0.4, 0.5) is 0 Å². The van der Waals surface area contributed by atoms with Gasteiger partial charge in [0.05, 0.1) is 11.8 Å². The van der Waals surface area contributed by atoms with E-state index >= 15 is 0 Å². The van der Waals surface area contributed by atoms with E-state index in [1.165, 1.54) is 29.2 Å². The molecule has 0 aliphatic heterocycles. The van der Waals surface area contributed by atoms with Crippen LogP contribution in [0, 0.1) is 5.92 Å². The molecule has 7 nitrogen and oxygen atoms in total. The molecule has 0 aliphatic carbocycles. The second-order valence-electron chi connectivity index (χ2n) is 4.90. The molecule has 0 atom stereocenters. The molecule has 0 bridgehead atoms. The highest BCUT2D eigenvalue weighted by molar-refractivity contribution is 5.87. The zero-order chi connectivity index (χ0) is 15.4. The predicted octanol–water partition coefficient (Wildman–Crippen LogP) is 1.78. The summed E-state index contributed by atoms with van der Waals surface area (Å²) in [6.07, 6.45) is 5.58. The lowest BCUT2D eigenvalue weighted by Gasteiger charge is -2.10. The third kappa shape index (κ3) is 3.65. The number of carbonyl (C=O) groups is 1. The van der Waals surface area contributed by atoms with Gasteiger partial charge < -0.3 is 14.4 Å². The number of hydrogen-bond acceptors (Lipinski definition) is 5. The lowest BCUT2D eigenvalue weighted by Crippen LogP contribution is -2.23. The van der Waals surface area contributed by atoms with Crippen molar-refractivity contribution in [2.45, 2.75) is 20.4 Å². The van der Waals surface area contributed by atoms with Gasteiger partial charge in [-0.05, 0) is 12.0 Å². The lowest BCUT2D eigenvalue weighted by atomic mass is 10.2. The minimum Gasteiger partial charge on any atom is -0.478 e. The van der Waals surface area contributed by atoms with E-state index in [0.717, 1.165) is 0 Å². The standard InChI is InChI=1S/C14H15N3O4/c1-9(2)8-17-4-3-16-12(13(17)18)21-11-5-10(14(19)20)6-15-7-11/h3-7,9H,8H2,1-2H3,(H,19,20). The van der Waals surface area contributed by atoms with Gasteiger partial charge in [-0.3, -0.25) is 9.78 Å². The quantitative estimate of drug-likeness (QED) is 0.901. The van der Waals surface area contributed by atoms with Gasteiger partial charge in [-0.2, -0.15) is 0 Å². The van der Waals surface area contributed by atoms with Gasteiger partial charge in [0.1, 0.15) is 5.75 Å². The number of nitrogens with zero attached hydrogens (tertiary/aromatic N) is 3. The molecule has 0 aliphatic rings. The van der Waals surface area contributed by atoms with Crippen LogP contribution in [0.5, 0.6) is 11.6 Å². The number of rotatable bonds is 5. The first-order valence-corrected chi connectivity index (χ1v) is 6.39. The Balaban J connectivity index is 2.30. The maximum atomic E-state index is 12.2. The van der Waals surface area contributed by atoms with Gasteiger partial charge in [0.2, 0.25) is 0 Å². The lowest BCUT2D eigenvalue weighted by molar-refractivity contribution is 0.0696. The van der Waals surface area contributed by atoms with Crippen LogP contribution in [0.2, 0.25) is 0 Å². The number of aromatic carboxylic acids is 1. The summed E-state index contributed by atoms with van der Waals surface area (Å²) in [5, 5.41) is 8.90. The summed E-state index contributed by atoms with van der Waals surface area (Å²) >= 11 is 0. The summed E-state index contributed by atoms with van der Waals surface area (Å²) in [5.74, 6) is -0.773. The topological polar surface area (TPSA) is 94.3 Å². The van der Waals surface area contributed by atoms with E-state index in [2.05, 4.69) is 9.97 Å². The van der Waals surface area contributed by atoms with Gasteiger partial charge in [0, 0.05) is 25.1 Å². The number of aromatic nitrogens is 3. The van der Waals surface area contributed by atoms with Crippen LogP contribution in [0.1, 0.15) is 24.2 Å². The molecule has 0 radical (unpaired) electrons. The Morgan fingerprint density at radius 1 is 1.43 bits per heavy atom. The fourth-order valence-electron chi connectivity index (χ4n) is 1.74. The molecule has 21 heavy (non-hydrogen) atoms. The first-order chi connectivity index (χ1) is 9.97. The van der Waals surface area contributed by atoms with E-state index in [4.69, 9.17) is 9.84 Å². The molecule has 2 aromatic rings. The molecule has 2 aromatic heterocycles. The Morgan fingerprint density at radius 3 is 2.86 bits per heavy atom. The number of pyridine rings is 1. The Kier molecular flexibility index (Phi) is 4.32. The minimum atomic E-state index is -1.12. The van der Waals surface area contributed by atoms with Crippen LogP contribution < -0.4 is 10.3 Å². The molecule has 1 N–H and O–H groups in total. The van der Waals surface area contributed by atoms with Crippen LogP contribution in [0.3, 0.4) is 0 Å². The number of carboxylic acid groups (broad SMARTS) is 1. The Morgan fingerprint density at radius 2 is 2.19 bits per heavy atom. The molecular weight excluding hydrogens is 274 g/mol. The van der Waals surface area contributed by atoms with Crippen LogP contribution in [0.25, 0.3) is 0 Å². The van der Waals surface area contributed by atoms with Crippen LogP contribution in [-0.2, 0) is 6.54 Å². The minimum absolute atomic E-state index is 0.0223. The molecule has 110 valence electrons. The fourth-order valence-corrected chi connectivity index (χ4v) is 1.74. The Bertz CT molecular complexity index is 709. The molecule has 0 amide bonds. The third-order valence-corrected chi connectivity index (χ3v) is 2.62. The molecular formula is C14H15N3O4. The zero-order valence-electron chi connectivity index (χ0n) is 11.7. The van der Waals surface area contributed by atoms with E-state index in [0.29, 0.717) is 12.5 Å². The van der Waals surface area contributed by atoms with Gasteiger partial charge in [0.25, 0.3) is 5.88 Å². The van der Waals surface area contributed by atoms with Gasteiger partial charge in [-0.1, -0.05) is 13.8 Å². The predicted molar refractivity (Wildman–Crippen MR) is 74.6 cm³/mol. The molecule has 7 heteroatoms. The summed E-state index contributed by atoms with van der Waals surface area (Å²) in [6.45, 7) is 4.53. The molecule has 0 unspecified atom stereocenters. The molecule has 2 rings (SSSR count). The van der Waals surface area contributed by atoms with E-state index < -0.39 is 5.97 Å². The van der Waals surface area contributed by atoms with Crippen molar-refractivity contribution in [3.8, 4) is 11.6 Å². The van der Waals surface area contributed by atoms with Gasteiger partial charge in [-0.25, -0.2) is 9.78 Å². The Labute approximate surface area is 120 Å². The number of ether oxygens (including phenoxy) is 1. The Hall–Kier alpha value is -2.70. The first kappa shape index (κ1) is 14.7. The third-order valence-electron chi connectivity index (χ3n) is 2.62. The van der Waals surface area contributed by atoms with Crippen LogP contribution in [0.15, 0.2) is 35.6 Å². The van der Waals surface area contributed by atoms with Crippen molar-refractivity contribution in [1.29, 1.82) is 0 Å². The molecule has 2 heterocycles. The van der Waals surface area contributed by atoms with Crippen molar-refractivity contribution in [3.05, 3.63) is 46.8 Å². The van der Waals surface area contributed by atoms with E-state index in [-0.39, 0.29) is 22.8 Å². The van der Waals surface area contributed by atoms with Crippen molar-refractivity contribution in [2.75, 3.05) is 0 Å². The average molecular weight is 289 g/mol. The highest BCUT2D eigenvalue weighted by Crippen LogP contribution is 2.16. The summed E-state index contributed by atoms with van der Waals surface area (Å²) in [5.41, 5.74) is -0.391. The second-order valence-corrected chi connectivity index (χ2v) is 4.90. The number of carboxylic acids is 1. The van der Waals surface area contributed by atoms with Gasteiger partial charge >= 0.3 is 11.5 Å². The van der Waals surface area contributed by atoms with Crippen molar-refractivity contribution in [1.82, 2.24) is 14.5 Å². The first-order valence-electron chi connectivity index (χ1n) is 6.39. The van der Waals surface area contributed by atoms with Crippen molar-refractivity contribution < 1.29 is 14.6 Å². The largest absolute Gasteiger partial charge is 0.478 e. The average Bonchev–Trinajstić information content (AvgIpc) is 2.43. The van der Waals surface area contributed by atoms with Crippen LogP contribution >= 0.6 is 0 Å².